The summed E-state index contributed by atoms with van der Waals surface area (Å²) < 4.78 is 16.4. The van der Waals surface area contributed by atoms with Crippen molar-refractivity contribution in [2.75, 3.05) is 19.8 Å². The van der Waals surface area contributed by atoms with Crippen LogP contribution in [-0.2, 0) is 6.54 Å². The van der Waals surface area contributed by atoms with Gasteiger partial charge in [-0.3, -0.25) is 4.79 Å². The molecular weight excluding hydrogens is 296 g/mol. The van der Waals surface area contributed by atoms with Gasteiger partial charge in [0.25, 0.3) is 5.91 Å². The van der Waals surface area contributed by atoms with Crippen molar-refractivity contribution in [3.63, 3.8) is 0 Å². The molecule has 120 valence electrons. The van der Waals surface area contributed by atoms with Crippen molar-refractivity contribution in [1.82, 2.24) is 10.3 Å². The first-order chi connectivity index (χ1) is 11.3. The number of hydrogen-bond acceptors (Lipinski definition) is 5. The summed E-state index contributed by atoms with van der Waals surface area (Å²) in [7, 11) is 0. The van der Waals surface area contributed by atoms with Crippen LogP contribution in [0.2, 0.25) is 0 Å². The third kappa shape index (κ3) is 3.53. The number of pyridine rings is 1. The van der Waals surface area contributed by atoms with E-state index in [0.29, 0.717) is 49.3 Å². The molecule has 2 heterocycles. The van der Waals surface area contributed by atoms with E-state index in [4.69, 9.17) is 14.2 Å². The summed E-state index contributed by atoms with van der Waals surface area (Å²) >= 11 is 0. The molecular formula is C17H18N2O4. The van der Waals surface area contributed by atoms with Crippen molar-refractivity contribution in [1.29, 1.82) is 0 Å². The number of carbonyl (C=O) groups excluding carboxylic acids is 1. The van der Waals surface area contributed by atoms with Crippen LogP contribution in [0.15, 0.2) is 36.5 Å². The van der Waals surface area contributed by atoms with Crippen LogP contribution in [-0.4, -0.2) is 30.7 Å². The molecule has 3 rings (SSSR count). The third-order valence-corrected chi connectivity index (χ3v) is 3.37. The van der Waals surface area contributed by atoms with Crippen LogP contribution >= 0.6 is 0 Å². The Morgan fingerprint density at radius 3 is 2.91 bits per heavy atom. The predicted octanol–water partition coefficient (Wildman–Crippen LogP) is 2.18. The van der Waals surface area contributed by atoms with Crippen LogP contribution in [0, 0.1) is 0 Å². The third-order valence-electron chi connectivity index (χ3n) is 3.37. The molecule has 0 bridgehead atoms. The molecule has 0 saturated heterocycles. The molecule has 0 saturated carbocycles. The molecule has 1 aromatic heterocycles. The molecule has 0 fully saturated rings. The standard InChI is InChI=1S/C17H18N2O4/c1-2-21-17-13(4-3-7-18-17)11-19-16(20)12-5-6-14-15(10-12)23-9-8-22-14/h3-7,10H,2,8-9,11H2,1H3,(H,19,20). The molecule has 6 nitrogen and oxygen atoms in total. The maximum atomic E-state index is 12.3. The lowest BCUT2D eigenvalue weighted by atomic mass is 10.1. The fraction of sp³-hybridized carbons (Fsp3) is 0.294. The zero-order valence-corrected chi connectivity index (χ0v) is 12.9. The second-order valence-corrected chi connectivity index (χ2v) is 4.94. The summed E-state index contributed by atoms with van der Waals surface area (Å²) in [6, 6.07) is 8.85. The quantitative estimate of drug-likeness (QED) is 0.916. The van der Waals surface area contributed by atoms with Gasteiger partial charge in [-0.1, -0.05) is 6.07 Å². The van der Waals surface area contributed by atoms with Gasteiger partial charge < -0.3 is 19.5 Å². The molecule has 0 unspecified atom stereocenters. The SMILES string of the molecule is CCOc1ncccc1CNC(=O)c1ccc2c(c1)OCCO2. The lowest BCUT2D eigenvalue weighted by Crippen LogP contribution is -2.24. The van der Waals surface area contributed by atoms with Crippen LogP contribution < -0.4 is 19.5 Å². The van der Waals surface area contributed by atoms with E-state index in [2.05, 4.69) is 10.3 Å². The first kappa shape index (κ1) is 15.1. The number of hydrogen-bond donors (Lipinski definition) is 1. The van der Waals surface area contributed by atoms with Crippen molar-refractivity contribution in [2.45, 2.75) is 13.5 Å². The Bertz CT molecular complexity index is 703. The summed E-state index contributed by atoms with van der Waals surface area (Å²) in [6.45, 7) is 3.79. The normalized spacial score (nSPS) is 12.6. The minimum atomic E-state index is -0.187. The highest BCUT2D eigenvalue weighted by molar-refractivity contribution is 5.94. The predicted molar refractivity (Wildman–Crippen MR) is 84.0 cm³/mol. The lowest BCUT2D eigenvalue weighted by Gasteiger charge is -2.18. The number of nitrogens with zero attached hydrogens (tertiary/aromatic N) is 1. The molecule has 0 atom stereocenters. The minimum Gasteiger partial charge on any atom is -0.486 e. The number of ether oxygens (including phenoxy) is 3. The molecule has 1 aliphatic heterocycles. The summed E-state index contributed by atoms with van der Waals surface area (Å²) in [5.41, 5.74) is 1.36. The van der Waals surface area contributed by atoms with Crippen LogP contribution in [0.1, 0.15) is 22.8 Å². The first-order valence-corrected chi connectivity index (χ1v) is 7.52. The zero-order chi connectivity index (χ0) is 16.1. The van der Waals surface area contributed by atoms with Crippen molar-refractivity contribution in [2.24, 2.45) is 0 Å². The number of rotatable bonds is 5. The van der Waals surface area contributed by atoms with Gasteiger partial charge in [0.15, 0.2) is 11.5 Å². The molecule has 2 aromatic rings. The summed E-state index contributed by atoms with van der Waals surface area (Å²) in [6.07, 6.45) is 1.66. The van der Waals surface area contributed by atoms with Gasteiger partial charge in [-0.05, 0) is 31.2 Å². The van der Waals surface area contributed by atoms with Gasteiger partial charge in [0, 0.05) is 23.9 Å². The van der Waals surface area contributed by atoms with E-state index in [1.165, 1.54) is 0 Å². The first-order valence-electron chi connectivity index (χ1n) is 7.52. The Morgan fingerprint density at radius 1 is 1.26 bits per heavy atom. The average Bonchev–Trinajstić information content (AvgIpc) is 2.60. The van der Waals surface area contributed by atoms with E-state index in [1.54, 1.807) is 24.4 Å². The molecule has 1 N–H and O–H groups in total. The highest BCUT2D eigenvalue weighted by Crippen LogP contribution is 2.30. The number of amides is 1. The Kier molecular flexibility index (Phi) is 4.61. The smallest absolute Gasteiger partial charge is 0.251 e. The summed E-state index contributed by atoms with van der Waals surface area (Å²) in [4.78, 5) is 16.5. The fourth-order valence-corrected chi connectivity index (χ4v) is 2.29. The second-order valence-electron chi connectivity index (χ2n) is 4.94. The molecule has 1 aliphatic rings. The number of nitrogens with one attached hydrogen (secondary N) is 1. The number of carbonyl (C=O) groups is 1. The van der Waals surface area contributed by atoms with Gasteiger partial charge in [-0.25, -0.2) is 4.98 Å². The molecule has 0 aliphatic carbocycles. The summed E-state index contributed by atoms with van der Waals surface area (Å²) in [5.74, 6) is 1.62. The highest BCUT2D eigenvalue weighted by atomic mass is 16.6. The molecule has 1 amide bonds. The highest BCUT2D eigenvalue weighted by Gasteiger charge is 2.15. The van der Waals surface area contributed by atoms with Crippen molar-refractivity contribution < 1.29 is 19.0 Å². The molecule has 0 radical (unpaired) electrons. The monoisotopic (exact) mass is 314 g/mol. The van der Waals surface area contributed by atoms with Crippen LogP contribution in [0.5, 0.6) is 17.4 Å². The van der Waals surface area contributed by atoms with Crippen molar-refractivity contribution >= 4 is 5.91 Å². The van der Waals surface area contributed by atoms with Crippen molar-refractivity contribution in [3.05, 3.63) is 47.7 Å². The Balaban J connectivity index is 1.68. The number of fused-ring (bicyclic) bond motifs is 1. The Hall–Kier alpha value is -2.76. The zero-order valence-electron chi connectivity index (χ0n) is 12.9. The maximum Gasteiger partial charge on any atom is 0.251 e. The average molecular weight is 314 g/mol. The van der Waals surface area contributed by atoms with Gasteiger partial charge in [0.05, 0.1) is 6.61 Å². The van der Waals surface area contributed by atoms with Crippen molar-refractivity contribution in [3.8, 4) is 17.4 Å². The maximum absolute atomic E-state index is 12.3. The van der Waals surface area contributed by atoms with Gasteiger partial charge >= 0.3 is 0 Å². The van der Waals surface area contributed by atoms with E-state index in [-0.39, 0.29) is 5.91 Å². The fourth-order valence-electron chi connectivity index (χ4n) is 2.29. The van der Waals surface area contributed by atoms with Crippen LogP contribution in [0.25, 0.3) is 0 Å². The molecule has 23 heavy (non-hydrogen) atoms. The summed E-state index contributed by atoms with van der Waals surface area (Å²) in [5, 5.41) is 2.87. The van der Waals surface area contributed by atoms with Gasteiger partial charge in [-0.15, -0.1) is 0 Å². The van der Waals surface area contributed by atoms with E-state index in [0.717, 1.165) is 5.56 Å². The Labute approximate surface area is 134 Å². The van der Waals surface area contributed by atoms with Gasteiger partial charge in [-0.2, -0.15) is 0 Å². The second kappa shape index (κ2) is 7.00. The Morgan fingerprint density at radius 2 is 2.09 bits per heavy atom. The number of benzene rings is 1. The molecule has 6 heteroatoms. The van der Waals surface area contributed by atoms with E-state index < -0.39 is 0 Å². The topological polar surface area (TPSA) is 69.7 Å². The van der Waals surface area contributed by atoms with E-state index >= 15 is 0 Å². The number of aromatic nitrogens is 1. The van der Waals surface area contributed by atoms with E-state index in [1.807, 2.05) is 19.1 Å². The van der Waals surface area contributed by atoms with Crippen LogP contribution in [0.4, 0.5) is 0 Å². The molecule has 1 aromatic carbocycles. The van der Waals surface area contributed by atoms with Gasteiger partial charge in [0.1, 0.15) is 13.2 Å². The minimum absolute atomic E-state index is 0.187. The lowest BCUT2D eigenvalue weighted by molar-refractivity contribution is 0.0949. The molecule has 0 spiro atoms. The van der Waals surface area contributed by atoms with Crippen LogP contribution in [0.3, 0.4) is 0 Å². The largest absolute Gasteiger partial charge is 0.486 e. The van der Waals surface area contributed by atoms with Gasteiger partial charge in [0.2, 0.25) is 5.88 Å². The van der Waals surface area contributed by atoms with E-state index in [9.17, 15) is 4.79 Å².